The van der Waals surface area contributed by atoms with Gasteiger partial charge >= 0.3 is 0 Å². The van der Waals surface area contributed by atoms with Gasteiger partial charge < -0.3 is 10.1 Å². The van der Waals surface area contributed by atoms with Crippen LogP contribution in [0.4, 0.5) is 0 Å². The molecule has 0 saturated heterocycles. The minimum atomic E-state index is 0.513. The predicted molar refractivity (Wildman–Crippen MR) is 79.5 cm³/mol. The number of aromatic nitrogens is 1. The average Bonchev–Trinajstić information content (AvgIpc) is 2.33. The summed E-state index contributed by atoms with van der Waals surface area (Å²) in [5.41, 5.74) is 2.49. The second-order valence-corrected chi connectivity index (χ2v) is 5.40. The number of rotatable bonds is 7. The fourth-order valence-electron chi connectivity index (χ4n) is 1.55. The molecule has 0 atom stereocenters. The molecule has 0 aliphatic rings. The highest BCUT2D eigenvalue weighted by Crippen LogP contribution is 2.16. The van der Waals surface area contributed by atoms with Crippen molar-refractivity contribution in [2.24, 2.45) is 5.92 Å². The SMILES string of the molecule is COCCNC/C(=C/c1cncc(Br)c1)C(C)C. The maximum atomic E-state index is 5.02. The van der Waals surface area contributed by atoms with Crippen LogP contribution in [0.2, 0.25) is 0 Å². The highest BCUT2D eigenvalue weighted by molar-refractivity contribution is 9.10. The predicted octanol–water partition coefficient (Wildman–Crippen LogP) is 3.12. The molecule has 1 aromatic rings. The second kappa shape index (κ2) is 8.40. The quantitative estimate of drug-likeness (QED) is 0.785. The Morgan fingerprint density at radius 1 is 1.50 bits per heavy atom. The first-order valence-corrected chi connectivity index (χ1v) is 6.93. The Hall–Kier alpha value is -0.710. The monoisotopic (exact) mass is 312 g/mol. The standard InChI is InChI=1S/C14H21BrN2O/c1-11(2)13(9-16-4-5-18-3)6-12-7-14(15)10-17-8-12/h6-8,10-11,16H,4-5,9H2,1-3H3/b13-6-. The van der Waals surface area contributed by atoms with Gasteiger partial charge in [0.1, 0.15) is 0 Å². The van der Waals surface area contributed by atoms with Crippen LogP contribution in [-0.2, 0) is 4.74 Å². The molecular weight excluding hydrogens is 292 g/mol. The Morgan fingerprint density at radius 3 is 2.89 bits per heavy atom. The molecule has 0 spiro atoms. The van der Waals surface area contributed by atoms with Crippen molar-refractivity contribution in [3.63, 3.8) is 0 Å². The summed E-state index contributed by atoms with van der Waals surface area (Å²) in [6.07, 6.45) is 5.87. The molecule has 0 aliphatic carbocycles. The molecule has 0 bridgehead atoms. The molecule has 1 rings (SSSR count). The third kappa shape index (κ3) is 5.76. The fraction of sp³-hybridized carbons (Fsp3) is 0.500. The van der Waals surface area contributed by atoms with E-state index in [0.29, 0.717) is 5.92 Å². The van der Waals surface area contributed by atoms with E-state index in [4.69, 9.17) is 4.74 Å². The Labute approximate surface area is 118 Å². The molecule has 0 radical (unpaired) electrons. The van der Waals surface area contributed by atoms with Crippen molar-refractivity contribution in [1.29, 1.82) is 0 Å². The van der Waals surface area contributed by atoms with Gasteiger partial charge in [-0.25, -0.2) is 0 Å². The first-order valence-electron chi connectivity index (χ1n) is 6.14. The van der Waals surface area contributed by atoms with Crippen LogP contribution in [0.5, 0.6) is 0 Å². The fourth-order valence-corrected chi connectivity index (χ4v) is 1.93. The van der Waals surface area contributed by atoms with Gasteiger partial charge in [-0.05, 0) is 33.5 Å². The number of ether oxygens (including phenoxy) is 1. The lowest BCUT2D eigenvalue weighted by molar-refractivity contribution is 0.200. The number of methoxy groups -OCH3 is 1. The van der Waals surface area contributed by atoms with Crippen molar-refractivity contribution in [2.75, 3.05) is 26.8 Å². The zero-order valence-corrected chi connectivity index (χ0v) is 12.8. The summed E-state index contributed by atoms with van der Waals surface area (Å²) in [6.45, 7) is 6.90. The topological polar surface area (TPSA) is 34.1 Å². The maximum Gasteiger partial charge on any atom is 0.0587 e. The molecule has 0 saturated carbocycles. The number of nitrogens with one attached hydrogen (secondary N) is 1. The van der Waals surface area contributed by atoms with Gasteiger partial charge in [-0.15, -0.1) is 0 Å². The van der Waals surface area contributed by atoms with E-state index in [0.717, 1.165) is 29.7 Å². The Kier molecular flexibility index (Phi) is 7.16. The van der Waals surface area contributed by atoms with Gasteiger partial charge in [-0.1, -0.05) is 25.5 Å². The first kappa shape index (κ1) is 15.3. The van der Waals surface area contributed by atoms with Gasteiger partial charge in [0.15, 0.2) is 0 Å². The molecule has 0 fully saturated rings. The maximum absolute atomic E-state index is 5.02. The number of hydrogen-bond donors (Lipinski definition) is 1. The highest BCUT2D eigenvalue weighted by atomic mass is 79.9. The van der Waals surface area contributed by atoms with E-state index in [1.165, 1.54) is 5.57 Å². The van der Waals surface area contributed by atoms with Crippen LogP contribution in [-0.4, -0.2) is 31.8 Å². The van der Waals surface area contributed by atoms with E-state index < -0.39 is 0 Å². The van der Waals surface area contributed by atoms with Crippen LogP contribution in [0.15, 0.2) is 28.5 Å². The third-order valence-corrected chi connectivity index (χ3v) is 3.07. The lowest BCUT2D eigenvalue weighted by Crippen LogP contribution is -2.23. The zero-order valence-electron chi connectivity index (χ0n) is 11.2. The summed E-state index contributed by atoms with van der Waals surface area (Å²) in [5.74, 6) is 0.513. The number of pyridine rings is 1. The molecule has 1 aromatic heterocycles. The van der Waals surface area contributed by atoms with E-state index in [2.05, 4.69) is 52.2 Å². The van der Waals surface area contributed by atoms with Crippen molar-refractivity contribution in [3.8, 4) is 0 Å². The van der Waals surface area contributed by atoms with E-state index in [-0.39, 0.29) is 0 Å². The third-order valence-electron chi connectivity index (χ3n) is 2.63. The molecule has 4 heteroatoms. The van der Waals surface area contributed by atoms with Gasteiger partial charge in [0.25, 0.3) is 0 Å². The highest BCUT2D eigenvalue weighted by Gasteiger charge is 2.03. The summed E-state index contributed by atoms with van der Waals surface area (Å²) in [6, 6.07) is 2.07. The molecular formula is C14H21BrN2O. The molecule has 0 aliphatic heterocycles. The summed E-state index contributed by atoms with van der Waals surface area (Å²) in [5, 5.41) is 3.38. The van der Waals surface area contributed by atoms with Crippen LogP contribution in [0.3, 0.4) is 0 Å². The van der Waals surface area contributed by atoms with Crippen LogP contribution < -0.4 is 5.32 Å². The Balaban J connectivity index is 2.66. The number of hydrogen-bond acceptors (Lipinski definition) is 3. The summed E-state index contributed by atoms with van der Waals surface area (Å²) in [7, 11) is 1.72. The lowest BCUT2D eigenvalue weighted by atomic mass is 10.0. The molecule has 0 unspecified atom stereocenters. The molecule has 1 heterocycles. The van der Waals surface area contributed by atoms with E-state index in [1.807, 2.05) is 6.20 Å². The van der Waals surface area contributed by atoms with Gasteiger partial charge in [0.05, 0.1) is 6.61 Å². The van der Waals surface area contributed by atoms with Crippen LogP contribution in [0.1, 0.15) is 19.4 Å². The normalized spacial score (nSPS) is 12.2. The number of halogens is 1. The average molecular weight is 313 g/mol. The molecule has 3 nitrogen and oxygen atoms in total. The molecule has 18 heavy (non-hydrogen) atoms. The molecule has 0 aromatic carbocycles. The number of nitrogens with zero attached hydrogens (tertiary/aromatic N) is 1. The molecule has 0 amide bonds. The van der Waals surface area contributed by atoms with Crippen molar-refractivity contribution in [3.05, 3.63) is 34.1 Å². The smallest absolute Gasteiger partial charge is 0.0587 e. The Bertz CT molecular complexity index is 391. The molecule has 1 N–H and O–H groups in total. The van der Waals surface area contributed by atoms with Gasteiger partial charge in [-0.2, -0.15) is 0 Å². The van der Waals surface area contributed by atoms with Crippen molar-refractivity contribution in [1.82, 2.24) is 10.3 Å². The largest absolute Gasteiger partial charge is 0.383 e. The van der Waals surface area contributed by atoms with Crippen LogP contribution >= 0.6 is 15.9 Å². The Morgan fingerprint density at radius 2 is 2.28 bits per heavy atom. The van der Waals surface area contributed by atoms with E-state index in [9.17, 15) is 0 Å². The van der Waals surface area contributed by atoms with Crippen LogP contribution in [0.25, 0.3) is 6.08 Å². The first-order chi connectivity index (χ1) is 8.63. The summed E-state index contributed by atoms with van der Waals surface area (Å²) in [4.78, 5) is 4.17. The summed E-state index contributed by atoms with van der Waals surface area (Å²) < 4.78 is 6.03. The van der Waals surface area contributed by atoms with E-state index >= 15 is 0 Å². The second-order valence-electron chi connectivity index (χ2n) is 4.48. The van der Waals surface area contributed by atoms with E-state index in [1.54, 1.807) is 13.3 Å². The zero-order chi connectivity index (χ0) is 13.4. The van der Waals surface area contributed by atoms with Crippen LogP contribution in [0, 0.1) is 5.92 Å². The van der Waals surface area contributed by atoms with Crippen molar-refractivity contribution in [2.45, 2.75) is 13.8 Å². The minimum absolute atomic E-state index is 0.513. The van der Waals surface area contributed by atoms with Crippen molar-refractivity contribution >= 4 is 22.0 Å². The van der Waals surface area contributed by atoms with Crippen molar-refractivity contribution < 1.29 is 4.74 Å². The summed E-state index contributed by atoms with van der Waals surface area (Å²) >= 11 is 3.44. The van der Waals surface area contributed by atoms with Gasteiger partial charge in [-0.3, -0.25) is 4.98 Å². The minimum Gasteiger partial charge on any atom is -0.383 e. The lowest BCUT2D eigenvalue weighted by Gasteiger charge is -2.13. The molecule has 100 valence electrons. The van der Waals surface area contributed by atoms with Gasteiger partial charge in [0.2, 0.25) is 0 Å². The van der Waals surface area contributed by atoms with Gasteiger partial charge in [0, 0.05) is 37.1 Å².